The van der Waals surface area contributed by atoms with Gasteiger partial charge < -0.3 is 0 Å². The fourth-order valence-electron chi connectivity index (χ4n) is 2.63. The summed E-state index contributed by atoms with van der Waals surface area (Å²) in [5.74, 6) is 0.428. The van der Waals surface area contributed by atoms with Crippen LogP contribution in [0.15, 0.2) is 0 Å². The molecular formula is C10H21NO3S. The SMILES string of the molecule is CC(C)CC1(NS(=O)(=O)O)CCCCC1. The Morgan fingerprint density at radius 1 is 1.27 bits per heavy atom. The average Bonchev–Trinajstić information content (AvgIpc) is 1.99. The maximum atomic E-state index is 10.9. The number of nitrogens with one attached hydrogen (secondary N) is 1. The Balaban J connectivity index is 2.75. The predicted octanol–water partition coefficient (Wildman–Crippen LogP) is 2.13. The largest absolute Gasteiger partial charge is 0.333 e. The molecule has 0 heterocycles. The summed E-state index contributed by atoms with van der Waals surface area (Å²) in [6, 6.07) is 0. The summed E-state index contributed by atoms with van der Waals surface area (Å²) >= 11 is 0. The summed E-state index contributed by atoms with van der Waals surface area (Å²) in [4.78, 5) is 0. The van der Waals surface area contributed by atoms with Crippen molar-refractivity contribution in [3.63, 3.8) is 0 Å². The van der Waals surface area contributed by atoms with Crippen LogP contribution >= 0.6 is 0 Å². The highest BCUT2D eigenvalue weighted by Crippen LogP contribution is 2.33. The normalized spacial score (nSPS) is 21.9. The molecule has 0 amide bonds. The Bertz CT molecular complexity index is 292. The second-order valence-corrected chi connectivity index (χ2v) is 6.17. The molecule has 0 bridgehead atoms. The minimum absolute atomic E-state index is 0.403. The lowest BCUT2D eigenvalue weighted by Gasteiger charge is -2.38. The van der Waals surface area contributed by atoms with Crippen molar-refractivity contribution < 1.29 is 13.0 Å². The van der Waals surface area contributed by atoms with Gasteiger partial charge in [0.25, 0.3) is 0 Å². The number of hydrogen-bond acceptors (Lipinski definition) is 2. The summed E-state index contributed by atoms with van der Waals surface area (Å²) in [5.41, 5.74) is -0.403. The third kappa shape index (κ3) is 4.49. The van der Waals surface area contributed by atoms with Crippen molar-refractivity contribution in [1.29, 1.82) is 0 Å². The van der Waals surface area contributed by atoms with Crippen LogP contribution in [-0.4, -0.2) is 18.5 Å². The molecule has 5 heteroatoms. The Hall–Kier alpha value is -0.130. The first-order valence-electron chi connectivity index (χ1n) is 5.59. The molecule has 90 valence electrons. The van der Waals surface area contributed by atoms with Gasteiger partial charge in [-0.3, -0.25) is 4.55 Å². The molecule has 2 N–H and O–H groups in total. The van der Waals surface area contributed by atoms with Crippen LogP contribution < -0.4 is 4.72 Å². The molecule has 0 aromatic carbocycles. The maximum Gasteiger partial charge on any atom is 0.333 e. The summed E-state index contributed by atoms with van der Waals surface area (Å²) in [6.45, 7) is 4.14. The van der Waals surface area contributed by atoms with Crippen molar-refractivity contribution in [2.75, 3.05) is 0 Å². The van der Waals surface area contributed by atoms with Crippen molar-refractivity contribution in [2.45, 2.75) is 57.9 Å². The first kappa shape index (κ1) is 12.9. The van der Waals surface area contributed by atoms with Gasteiger partial charge in [0.15, 0.2) is 0 Å². The van der Waals surface area contributed by atoms with E-state index in [1.807, 2.05) is 0 Å². The van der Waals surface area contributed by atoms with E-state index in [4.69, 9.17) is 4.55 Å². The van der Waals surface area contributed by atoms with Gasteiger partial charge >= 0.3 is 10.3 Å². The van der Waals surface area contributed by atoms with Crippen molar-refractivity contribution in [3.05, 3.63) is 0 Å². The molecule has 0 saturated heterocycles. The smallest absolute Gasteiger partial charge is 0.273 e. The van der Waals surface area contributed by atoms with Crippen LogP contribution in [-0.2, 0) is 10.3 Å². The van der Waals surface area contributed by atoms with Crippen LogP contribution in [0.5, 0.6) is 0 Å². The molecule has 1 saturated carbocycles. The van der Waals surface area contributed by atoms with E-state index in [1.54, 1.807) is 0 Å². The zero-order chi connectivity index (χ0) is 11.5. The molecule has 1 aliphatic rings. The summed E-state index contributed by atoms with van der Waals surface area (Å²) in [7, 11) is -4.08. The molecule has 0 unspecified atom stereocenters. The van der Waals surface area contributed by atoms with Gasteiger partial charge in [-0.05, 0) is 25.2 Å². The van der Waals surface area contributed by atoms with E-state index < -0.39 is 15.8 Å². The maximum absolute atomic E-state index is 10.9. The van der Waals surface area contributed by atoms with Crippen LogP contribution in [0.4, 0.5) is 0 Å². The lowest BCUT2D eigenvalue weighted by molar-refractivity contribution is 0.220. The molecule has 15 heavy (non-hydrogen) atoms. The number of rotatable bonds is 4. The zero-order valence-corrected chi connectivity index (χ0v) is 10.3. The molecule has 4 nitrogen and oxygen atoms in total. The standard InChI is InChI=1S/C10H21NO3S/c1-9(2)8-10(11-15(12,13)14)6-4-3-5-7-10/h9,11H,3-8H2,1-2H3,(H,12,13,14). The molecule has 0 atom stereocenters. The summed E-state index contributed by atoms with van der Waals surface area (Å²) in [5, 5.41) is 0. The van der Waals surface area contributed by atoms with Crippen molar-refractivity contribution in [3.8, 4) is 0 Å². The molecule has 1 aliphatic carbocycles. The van der Waals surface area contributed by atoms with Gasteiger partial charge in [0.1, 0.15) is 0 Å². The van der Waals surface area contributed by atoms with Gasteiger partial charge in [0, 0.05) is 5.54 Å². The highest BCUT2D eigenvalue weighted by Gasteiger charge is 2.35. The molecule has 0 aliphatic heterocycles. The molecule has 0 aromatic rings. The van der Waals surface area contributed by atoms with Gasteiger partial charge in [-0.15, -0.1) is 0 Å². The van der Waals surface area contributed by atoms with Gasteiger partial charge in [0.05, 0.1) is 0 Å². The van der Waals surface area contributed by atoms with E-state index in [0.717, 1.165) is 38.5 Å². The lowest BCUT2D eigenvalue weighted by atomic mass is 9.77. The van der Waals surface area contributed by atoms with E-state index in [2.05, 4.69) is 18.6 Å². The van der Waals surface area contributed by atoms with E-state index >= 15 is 0 Å². The topological polar surface area (TPSA) is 66.4 Å². The second-order valence-electron chi connectivity index (χ2n) is 5.02. The van der Waals surface area contributed by atoms with Gasteiger partial charge in [-0.25, -0.2) is 0 Å². The Morgan fingerprint density at radius 2 is 1.80 bits per heavy atom. The fourth-order valence-corrected chi connectivity index (χ4v) is 3.47. The first-order valence-corrected chi connectivity index (χ1v) is 7.03. The second kappa shape index (κ2) is 4.80. The van der Waals surface area contributed by atoms with Crippen LogP contribution in [0.2, 0.25) is 0 Å². The summed E-state index contributed by atoms with van der Waals surface area (Å²) in [6.07, 6.45) is 5.71. The van der Waals surface area contributed by atoms with Gasteiger partial charge in [-0.2, -0.15) is 13.1 Å². The Labute approximate surface area is 92.3 Å². The van der Waals surface area contributed by atoms with Gasteiger partial charge in [-0.1, -0.05) is 33.1 Å². The predicted molar refractivity (Wildman–Crippen MR) is 60.0 cm³/mol. The van der Waals surface area contributed by atoms with E-state index in [0.29, 0.717) is 5.92 Å². The molecular weight excluding hydrogens is 214 g/mol. The molecule has 0 radical (unpaired) electrons. The summed E-state index contributed by atoms with van der Waals surface area (Å²) < 4.78 is 33.2. The Morgan fingerprint density at radius 3 is 2.20 bits per heavy atom. The van der Waals surface area contributed by atoms with Crippen molar-refractivity contribution in [1.82, 2.24) is 4.72 Å². The molecule has 0 spiro atoms. The molecule has 1 fully saturated rings. The fraction of sp³-hybridized carbons (Fsp3) is 1.00. The van der Waals surface area contributed by atoms with Crippen LogP contribution in [0.25, 0.3) is 0 Å². The minimum Gasteiger partial charge on any atom is -0.273 e. The average molecular weight is 235 g/mol. The van der Waals surface area contributed by atoms with Crippen molar-refractivity contribution in [2.24, 2.45) is 5.92 Å². The van der Waals surface area contributed by atoms with Crippen LogP contribution in [0.1, 0.15) is 52.4 Å². The quantitative estimate of drug-likeness (QED) is 0.734. The molecule has 1 rings (SSSR count). The van der Waals surface area contributed by atoms with E-state index in [-0.39, 0.29) is 0 Å². The lowest BCUT2D eigenvalue weighted by Crippen LogP contribution is -2.50. The monoisotopic (exact) mass is 235 g/mol. The van der Waals surface area contributed by atoms with Crippen LogP contribution in [0.3, 0.4) is 0 Å². The first-order chi connectivity index (χ1) is 6.83. The number of hydrogen-bond donors (Lipinski definition) is 2. The zero-order valence-electron chi connectivity index (χ0n) is 9.49. The van der Waals surface area contributed by atoms with E-state index in [9.17, 15) is 8.42 Å². The van der Waals surface area contributed by atoms with E-state index in [1.165, 1.54) is 0 Å². The highest BCUT2D eigenvalue weighted by atomic mass is 32.2. The van der Waals surface area contributed by atoms with Gasteiger partial charge in [0.2, 0.25) is 0 Å². The molecule has 0 aromatic heterocycles. The minimum atomic E-state index is -4.08. The third-order valence-corrected chi connectivity index (χ3v) is 3.65. The van der Waals surface area contributed by atoms with Crippen molar-refractivity contribution >= 4 is 10.3 Å². The third-order valence-electron chi connectivity index (χ3n) is 2.96. The Kier molecular flexibility index (Phi) is 4.14. The highest BCUT2D eigenvalue weighted by molar-refractivity contribution is 7.83. The van der Waals surface area contributed by atoms with Crippen LogP contribution in [0, 0.1) is 5.92 Å².